The average molecular weight is 305 g/mol. The van der Waals surface area contributed by atoms with Gasteiger partial charge in [-0.25, -0.2) is 12.8 Å². The molecule has 0 atom stereocenters. The van der Waals surface area contributed by atoms with Crippen LogP contribution in [0.3, 0.4) is 0 Å². The van der Waals surface area contributed by atoms with Gasteiger partial charge in [0.25, 0.3) is 0 Å². The Morgan fingerprint density at radius 1 is 1.10 bits per heavy atom. The largest absolute Gasteiger partial charge is 0.489 e. The van der Waals surface area contributed by atoms with Crippen molar-refractivity contribution in [2.75, 3.05) is 12.3 Å². The van der Waals surface area contributed by atoms with Crippen LogP contribution < -0.4 is 10.5 Å². The summed E-state index contributed by atoms with van der Waals surface area (Å²) in [6.07, 6.45) is 0. The van der Waals surface area contributed by atoms with Gasteiger partial charge in [-0.1, -0.05) is 12.1 Å². The maximum atomic E-state index is 12.8. The molecular weight excluding hydrogens is 293 g/mol. The lowest BCUT2D eigenvalue weighted by Crippen LogP contribution is -2.01. The second-order valence-electron chi connectivity index (χ2n) is 4.65. The lowest BCUT2D eigenvalue weighted by Gasteiger charge is -2.08. The zero-order valence-corrected chi connectivity index (χ0v) is 11.7. The van der Waals surface area contributed by atoms with Crippen LogP contribution in [0.2, 0.25) is 0 Å². The van der Waals surface area contributed by atoms with Gasteiger partial charge in [-0.3, -0.25) is 0 Å². The van der Waals surface area contributed by atoms with E-state index in [1.54, 1.807) is 18.2 Å². The van der Waals surface area contributed by atoms with Gasteiger partial charge in [0.15, 0.2) is 0 Å². The molecule has 2 aromatic carbocycles. The van der Waals surface area contributed by atoms with Crippen LogP contribution in [0.1, 0.15) is 5.56 Å². The summed E-state index contributed by atoms with van der Waals surface area (Å²) in [6.45, 7) is 0.0707. The number of sulfone groups is 1. The van der Waals surface area contributed by atoms with Crippen LogP contribution >= 0.6 is 0 Å². The molecule has 0 fully saturated rings. The number of benzene rings is 2. The Hall–Kier alpha value is -2.34. The number of ether oxygens (including phenoxy) is 1. The fraction of sp³-hybridized carbons (Fsp3) is 0.0667. The fourth-order valence-electron chi connectivity index (χ4n) is 2.24. The Balaban J connectivity index is 1.88. The third-order valence-electron chi connectivity index (χ3n) is 3.18. The van der Waals surface area contributed by atoms with Crippen LogP contribution in [0.25, 0.3) is 5.57 Å². The average Bonchev–Trinajstić information content (AvgIpc) is 2.71. The van der Waals surface area contributed by atoms with Crippen molar-refractivity contribution in [3.8, 4) is 5.75 Å². The quantitative estimate of drug-likeness (QED) is 0.885. The first-order chi connectivity index (χ1) is 9.97. The van der Waals surface area contributed by atoms with Crippen molar-refractivity contribution in [2.24, 2.45) is 0 Å². The molecule has 0 aromatic heterocycles. The lowest BCUT2D eigenvalue weighted by molar-refractivity contribution is 0.369. The Kier molecular flexibility index (Phi) is 3.17. The monoisotopic (exact) mass is 305 g/mol. The summed E-state index contributed by atoms with van der Waals surface area (Å²) >= 11 is 0. The van der Waals surface area contributed by atoms with Gasteiger partial charge in [-0.15, -0.1) is 0 Å². The van der Waals surface area contributed by atoms with Crippen molar-refractivity contribution >= 4 is 21.1 Å². The van der Waals surface area contributed by atoms with E-state index in [1.165, 1.54) is 24.3 Å². The maximum Gasteiger partial charge on any atom is 0.202 e. The molecule has 0 unspecified atom stereocenters. The van der Waals surface area contributed by atoms with E-state index in [1.807, 2.05) is 0 Å². The molecule has 1 aliphatic heterocycles. The smallest absolute Gasteiger partial charge is 0.202 e. The van der Waals surface area contributed by atoms with Gasteiger partial charge >= 0.3 is 0 Å². The Bertz CT molecular complexity index is 826. The minimum Gasteiger partial charge on any atom is -0.489 e. The molecule has 6 heteroatoms. The van der Waals surface area contributed by atoms with Crippen LogP contribution in [0.4, 0.5) is 10.1 Å². The molecule has 21 heavy (non-hydrogen) atoms. The van der Waals surface area contributed by atoms with E-state index in [0.717, 1.165) is 5.41 Å². The summed E-state index contributed by atoms with van der Waals surface area (Å²) in [4.78, 5) is 0.128. The third-order valence-corrected chi connectivity index (χ3v) is 4.80. The van der Waals surface area contributed by atoms with E-state index >= 15 is 0 Å². The van der Waals surface area contributed by atoms with E-state index in [-0.39, 0.29) is 23.0 Å². The molecule has 0 spiro atoms. The van der Waals surface area contributed by atoms with Gasteiger partial charge in [0.2, 0.25) is 9.84 Å². The summed E-state index contributed by atoms with van der Waals surface area (Å²) in [6, 6.07) is 10.5. The van der Waals surface area contributed by atoms with Crippen molar-refractivity contribution in [3.63, 3.8) is 0 Å². The van der Waals surface area contributed by atoms with Gasteiger partial charge in [0.1, 0.15) is 23.1 Å². The Labute approximate surface area is 121 Å². The number of fused-ring (bicyclic) bond motifs is 1. The molecule has 1 heterocycles. The molecule has 0 radical (unpaired) electrons. The van der Waals surface area contributed by atoms with Crippen molar-refractivity contribution in [1.82, 2.24) is 0 Å². The van der Waals surface area contributed by atoms with Gasteiger partial charge in [0.05, 0.1) is 5.69 Å². The highest BCUT2D eigenvalue weighted by atomic mass is 32.2. The van der Waals surface area contributed by atoms with E-state index in [0.29, 0.717) is 16.9 Å². The predicted octanol–water partition coefficient (Wildman–Crippen LogP) is 2.62. The summed E-state index contributed by atoms with van der Waals surface area (Å²) < 4.78 is 42.5. The molecule has 1 aliphatic rings. The number of anilines is 1. The Morgan fingerprint density at radius 2 is 1.81 bits per heavy atom. The topological polar surface area (TPSA) is 69.4 Å². The zero-order chi connectivity index (χ0) is 15.0. The second kappa shape index (κ2) is 4.89. The third kappa shape index (κ3) is 2.50. The van der Waals surface area contributed by atoms with E-state index in [2.05, 4.69) is 0 Å². The first-order valence-corrected chi connectivity index (χ1v) is 7.75. The number of hydrogen-bond donors (Lipinski definition) is 1. The number of nitrogens with two attached hydrogens (primary N) is 1. The predicted molar refractivity (Wildman–Crippen MR) is 77.9 cm³/mol. The molecule has 108 valence electrons. The van der Waals surface area contributed by atoms with Gasteiger partial charge in [-0.05, 0) is 30.3 Å². The second-order valence-corrected chi connectivity index (χ2v) is 6.39. The number of nitrogen functional groups attached to an aromatic ring is 1. The minimum atomic E-state index is -3.52. The molecule has 0 bridgehead atoms. The number of rotatable bonds is 3. The number of halogens is 1. The normalized spacial score (nSPS) is 15.4. The molecule has 0 aliphatic carbocycles. The SMILES string of the molecule is Nc1cccc2c1S(=O)(=O)C=C2COc1ccc(F)cc1. The van der Waals surface area contributed by atoms with Crippen LogP contribution in [0.15, 0.2) is 52.8 Å². The number of hydrogen-bond acceptors (Lipinski definition) is 4. The van der Waals surface area contributed by atoms with E-state index in [9.17, 15) is 12.8 Å². The molecule has 2 N–H and O–H groups in total. The van der Waals surface area contributed by atoms with E-state index < -0.39 is 9.84 Å². The van der Waals surface area contributed by atoms with Gasteiger partial charge in [-0.2, -0.15) is 0 Å². The standard InChI is InChI=1S/C15H12FNO3S/c16-11-4-6-12(7-5-11)20-8-10-9-21(18,19)15-13(10)2-1-3-14(15)17/h1-7,9H,8,17H2. The fourth-order valence-corrected chi connectivity index (χ4v) is 3.83. The summed E-state index contributed by atoms with van der Waals surface area (Å²) in [5.74, 6) is 0.107. The van der Waals surface area contributed by atoms with E-state index in [4.69, 9.17) is 10.5 Å². The molecule has 3 rings (SSSR count). The highest BCUT2D eigenvalue weighted by molar-refractivity contribution is 7.95. The molecular formula is C15H12FNO3S. The highest BCUT2D eigenvalue weighted by Crippen LogP contribution is 2.37. The van der Waals surface area contributed by atoms with Crippen molar-refractivity contribution in [1.29, 1.82) is 0 Å². The summed E-state index contributed by atoms with van der Waals surface area (Å²) in [7, 11) is -3.52. The van der Waals surface area contributed by atoms with Crippen molar-refractivity contribution < 1.29 is 17.5 Å². The molecule has 0 saturated carbocycles. The molecule has 4 nitrogen and oxygen atoms in total. The van der Waals surface area contributed by atoms with Crippen LogP contribution in [-0.2, 0) is 9.84 Å². The minimum absolute atomic E-state index is 0.0707. The van der Waals surface area contributed by atoms with Crippen LogP contribution in [0.5, 0.6) is 5.75 Å². The van der Waals surface area contributed by atoms with Crippen LogP contribution in [-0.4, -0.2) is 15.0 Å². The first kappa shape index (κ1) is 13.6. The van der Waals surface area contributed by atoms with Gasteiger partial charge < -0.3 is 10.5 Å². The maximum absolute atomic E-state index is 12.8. The molecule has 0 amide bonds. The first-order valence-electron chi connectivity index (χ1n) is 6.20. The van der Waals surface area contributed by atoms with Crippen LogP contribution in [0, 0.1) is 5.82 Å². The summed E-state index contributed by atoms with van der Waals surface area (Å²) in [5.41, 5.74) is 7.04. The molecule has 0 saturated heterocycles. The van der Waals surface area contributed by atoms with Crippen molar-refractivity contribution in [3.05, 3.63) is 59.3 Å². The lowest BCUT2D eigenvalue weighted by atomic mass is 10.1. The summed E-state index contributed by atoms with van der Waals surface area (Å²) in [5, 5.41) is 1.16. The zero-order valence-electron chi connectivity index (χ0n) is 10.9. The Morgan fingerprint density at radius 3 is 2.52 bits per heavy atom. The van der Waals surface area contributed by atoms with Crippen molar-refractivity contribution in [2.45, 2.75) is 4.90 Å². The van der Waals surface area contributed by atoms with Gasteiger partial charge in [0, 0.05) is 16.5 Å². The highest BCUT2D eigenvalue weighted by Gasteiger charge is 2.29. The molecule has 2 aromatic rings.